The standard InChI is InChI=1S/C15H14N2O2S/c18-20(19)16-14(12-7-3-1-4-8-12)11-15(17-20)13-9-5-2-6-10-13/h1-10,14,16H,11H2. The lowest BCUT2D eigenvalue weighted by Gasteiger charge is -2.23. The van der Waals surface area contributed by atoms with Gasteiger partial charge in [-0.05, 0) is 11.1 Å². The first kappa shape index (κ1) is 13.0. The Kier molecular flexibility index (Phi) is 3.38. The average Bonchev–Trinajstić information content (AvgIpc) is 2.47. The number of hydrogen-bond acceptors (Lipinski definition) is 2. The van der Waals surface area contributed by atoms with Crippen molar-refractivity contribution in [1.29, 1.82) is 0 Å². The number of hydrogen-bond donors (Lipinski definition) is 1. The molecule has 0 aromatic heterocycles. The summed E-state index contributed by atoms with van der Waals surface area (Å²) in [6.07, 6.45) is 0.549. The van der Waals surface area contributed by atoms with E-state index in [4.69, 9.17) is 0 Å². The number of nitrogens with one attached hydrogen (secondary N) is 1. The summed E-state index contributed by atoms with van der Waals surface area (Å²) in [7, 11) is -3.64. The minimum Gasteiger partial charge on any atom is -0.188 e. The molecule has 1 aliphatic rings. The molecular formula is C15H14N2O2S. The van der Waals surface area contributed by atoms with E-state index < -0.39 is 10.2 Å². The molecule has 0 fully saturated rings. The molecule has 1 unspecified atom stereocenters. The monoisotopic (exact) mass is 286 g/mol. The van der Waals surface area contributed by atoms with Crippen molar-refractivity contribution in [3.8, 4) is 0 Å². The van der Waals surface area contributed by atoms with Gasteiger partial charge in [0.15, 0.2) is 0 Å². The Morgan fingerprint density at radius 3 is 2.20 bits per heavy atom. The fourth-order valence-corrected chi connectivity index (χ4v) is 3.40. The molecule has 0 saturated carbocycles. The maximum atomic E-state index is 11.9. The van der Waals surface area contributed by atoms with Crippen molar-refractivity contribution in [2.45, 2.75) is 12.5 Å². The minimum absolute atomic E-state index is 0.270. The molecule has 20 heavy (non-hydrogen) atoms. The van der Waals surface area contributed by atoms with Crippen molar-refractivity contribution >= 4 is 15.9 Å². The number of nitrogens with zero attached hydrogens (tertiary/aromatic N) is 1. The molecule has 0 radical (unpaired) electrons. The maximum Gasteiger partial charge on any atom is 0.320 e. The molecule has 3 rings (SSSR count). The van der Waals surface area contributed by atoms with E-state index in [-0.39, 0.29) is 6.04 Å². The van der Waals surface area contributed by atoms with Crippen LogP contribution in [0.1, 0.15) is 23.6 Å². The van der Waals surface area contributed by atoms with Gasteiger partial charge in [-0.15, -0.1) is 0 Å². The second-order valence-electron chi connectivity index (χ2n) is 4.66. The summed E-state index contributed by atoms with van der Waals surface area (Å²) in [6.45, 7) is 0. The second-order valence-corrected chi connectivity index (χ2v) is 6.03. The summed E-state index contributed by atoms with van der Waals surface area (Å²) in [5.74, 6) is 0. The highest BCUT2D eigenvalue weighted by atomic mass is 32.2. The van der Waals surface area contributed by atoms with Crippen molar-refractivity contribution in [2.75, 3.05) is 0 Å². The average molecular weight is 286 g/mol. The first-order valence-corrected chi connectivity index (χ1v) is 7.79. The second kappa shape index (κ2) is 5.19. The molecule has 1 aliphatic heterocycles. The molecule has 0 aliphatic carbocycles. The Bertz CT molecular complexity index is 725. The molecule has 2 aromatic rings. The summed E-state index contributed by atoms with van der Waals surface area (Å²) >= 11 is 0. The SMILES string of the molecule is O=S1(=O)N=C(c2ccccc2)CC(c2ccccc2)N1. The third-order valence-corrected chi connectivity index (χ3v) is 4.27. The first-order valence-electron chi connectivity index (χ1n) is 6.35. The molecule has 102 valence electrons. The van der Waals surface area contributed by atoms with Crippen LogP contribution in [-0.4, -0.2) is 14.1 Å². The third-order valence-electron chi connectivity index (χ3n) is 3.23. The Morgan fingerprint density at radius 2 is 1.55 bits per heavy atom. The van der Waals surface area contributed by atoms with Crippen molar-refractivity contribution in [1.82, 2.24) is 4.72 Å². The number of rotatable bonds is 2. The molecule has 5 heteroatoms. The zero-order valence-corrected chi connectivity index (χ0v) is 11.5. The van der Waals surface area contributed by atoms with Gasteiger partial charge in [-0.25, -0.2) is 0 Å². The largest absolute Gasteiger partial charge is 0.320 e. The van der Waals surface area contributed by atoms with Gasteiger partial charge in [0.2, 0.25) is 0 Å². The summed E-state index contributed by atoms with van der Waals surface area (Å²) in [6, 6.07) is 18.7. The summed E-state index contributed by atoms with van der Waals surface area (Å²) in [5, 5.41) is 0. The van der Waals surface area contributed by atoms with Gasteiger partial charge in [-0.2, -0.15) is 17.5 Å². The number of benzene rings is 2. The Hall–Kier alpha value is -1.98. The van der Waals surface area contributed by atoms with Crippen LogP contribution in [0, 0.1) is 0 Å². The maximum absolute atomic E-state index is 11.9. The Labute approximate surface area is 118 Å². The van der Waals surface area contributed by atoms with Crippen LogP contribution in [-0.2, 0) is 10.2 Å². The molecular weight excluding hydrogens is 272 g/mol. The Morgan fingerprint density at radius 1 is 0.950 bits per heavy atom. The normalized spacial score (nSPS) is 21.2. The third kappa shape index (κ3) is 2.79. The van der Waals surface area contributed by atoms with E-state index in [0.717, 1.165) is 11.1 Å². The fraction of sp³-hybridized carbons (Fsp3) is 0.133. The van der Waals surface area contributed by atoms with E-state index in [0.29, 0.717) is 12.1 Å². The molecule has 1 atom stereocenters. The van der Waals surface area contributed by atoms with Crippen LogP contribution in [0.3, 0.4) is 0 Å². The molecule has 4 nitrogen and oxygen atoms in total. The van der Waals surface area contributed by atoms with E-state index in [1.54, 1.807) is 0 Å². The lowest BCUT2D eigenvalue weighted by molar-refractivity contribution is 0.556. The smallest absolute Gasteiger partial charge is 0.188 e. The molecule has 0 amide bonds. The molecule has 2 aromatic carbocycles. The lowest BCUT2D eigenvalue weighted by Crippen LogP contribution is -2.34. The zero-order valence-electron chi connectivity index (χ0n) is 10.7. The van der Waals surface area contributed by atoms with E-state index in [1.165, 1.54) is 0 Å². The van der Waals surface area contributed by atoms with Crippen LogP contribution < -0.4 is 4.72 Å². The summed E-state index contributed by atoms with van der Waals surface area (Å²) in [5.41, 5.74) is 2.39. The van der Waals surface area contributed by atoms with Crippen molar-refractivity contribution in [3.63, 3.8) is 0 Å². The van der Waals surface area contributed by atoms with E-state index in [2.05, 4.69) is 9.12 Å². The van der Waals surface area contributed by atoms with Crippen LogP contribution in [0.2, 0.25) is 0 Å². The fourth-order valence-electron chi connectivity index (χ4n) is 2.30. The Balaban J connectivity index is 1.99. The molecule has 1 N–H and O–H groups in total. The van der Waals surface area contributed by atoms with E-state index in [9.17, 15) is 8.42 Å². The van der Waals surface area contributed by atoms with E-state index >= 15 is 0 Å². The molecule has 0 spiro atoms. The predicted molar refractivity (Wildman–Crippen MR) is 78.8 cm³/mol. The zero-order chi connectivity index (χ0) is 14.0. The topological polar surface area (TPSA) is 58.5 Å². The van der Waals surface area contributed by atoms with Gasteiger partial charge in [0.05, 0.1) is 11.8 Å². The summed E-state index contributed by atoms with van der Waals surface area (Å²) in [4.78, 5) is 0. The first-order chi connectivity index (χ1) is 9.64. The van der Waals surface area contributed by atoms with Gasteiger partial charge in [-0.3, -0.25) is 0 Å². The van der Waals surface area contributed by atoms with Crippen molar-refractivity contribution in [3.05, 3.63) is 71.8 Å². The minimum atomic E-state index is -3.64. The quantitative estimate of drug-likeness (QED) is 0.922. The summed E-state index contributed by atoms with van der Waals surface area (Å²) < 4.78 is 30.3. The van der Waals surface area contributed by atoms with Gasteiger partial charge < -0.3 is 0 Å². The van der Waals surface area contributed by atoms with Gasteiger partial charge in [-0.1, -0.05) is 60.7 Å². The van der Waals surface area contributed by atoms with Crippen LogP contribution in [0.25, 0.3) is 0 Å². The highest BCUT2D eigenvalue weighted by Gasteiger charge is 2.27. The highest BCUT2D eigenvalue weighted by molar-refractivity contribution is 7.88. The van der Waals surface area contributed by atoms with Crippen molar-refractivity contribution in [2.24, 2.45) is 4.40 Å². The van der Waals surface area contributed by atoms with Crippen LogP contribution in [0.5, 0.6) is 0 Å². The van der Waals surface area contributed by atoms with Gasteiger partial charge in [0, 0.05) is 6.42 Å². The highest BCUT2D eigenvalue weighted by Crippen LogP contribution is 2.25. The van der Waals surface area contributed by atoms with Gasteiger partial charge in [0.25, 0.3) is 0 Å². The van der Waals surface area contributed by atoms with Crippen molar-refractivity contribution < 1.29 is 8.42 Å². The predicted octanol–water partition coefficient (Wildman–Crippen LogP) is 2.46. The van der Waals surface area contributed by atoms with Crippen LogP contribution in [0.4, 0.5) is 0 Å². The van der Waals surface area contributed by atoms with Crippen LogP contribution >= 0.6 is 0 Å². The lowest BCUT2D eigenvalue weighted by atomic mass is 9.98. The molecule has 0 saturated heterocycles. The molecule has 0 bridgehead atoms. The molecule has 1 heterocycles. The van der Waals surface area contributed by atoms with Gasteiger partial charge >= 0.3 is 10.2 Å². The van der Waals surface area contributed by atoms with Crippen LogP contribution in [0.15, 0.2) is 65.1 Å². The van der Waals surface area contributed by atoms with E-state index in [1.807, 2.05) is 60.7 Å². The van der Waals surface area contributed by atoms with Gasteiger partial charge in [0.1, 0.15) is 0 Å².